The molecular formula is C14H31N3. The van der Waals surface area contributed by atoms with Gasteiger partial charge in [0.05, 0.1) is 0 Å². The SMILES string of the molecule is CC1CCCC(C(NN)C(C)(C)C)(N(C)C)C1. The van der Waals surface area contributed by atoms with E-state index in [1.54, 1.807) is 0 Å². The lowest BCUT2D eigenvalue weighted by molar-refractivity contribution is -0.00265. The molecule has 0 spiro atoms. The van der Waals surface area contributed by atoms with Crippen molar-refractivity contribution in [3.05, 3.63) is 0 Å². The van der Waals surface area contributed by atoms with Gasteiger partial charge in [-0.15, -0.1) is 0 Å². The predicted molar refractivity (Wildman–Crippen MR) is 74.6 cm³/mol. The van der Waals surface area contributed by atoms with Crippen LogP contribution in [-0.4, -0.2) is 30.6 Å². The average Bonchev–Trinajstić information content (AvgIpc) is 2.15. The molecule has 3 atom stereocenters. The number of nitrogens with one attached hydrogen (secondary N) is 1. The Balaban J connectivity index is 3.05. The molecule has 0 amide bonds. The molecule has 3 unspecified atom stereocenters. The van der Waals surface area contributed by atoms with Crippen molar-refractivity contribution in [3.8, 4) is 0 Å². The minimum Gasteiger partial charge on any atom is -0.302 e. The van der Waals surface area contributed by atoms with Crippen LogP contribution >= 0.6 is 0 Å². The summed E-state index contributed by atoms with van der Waals surface area (Å²) in [6, 6.07) is 0.327. The van der Waals surface area contributed by atoms with Crippen LogP contribution in [0.25, 0.3) is 0 Å². The van der Waals surface area contributed by atoms with Gasteiger partial charge in [-0.3, -0.25) is 11.3 Å². The largest absolute Gasteiger partial charge is 0.302 e. The van der Waals surface area contributed by atoms with Crippen molar-refractivity contribution in [2.24, 2.45) is 17.2 Å². The van der Waals surface area contributed by atoms with Gasteiger partial charge >= 0.3 is 0 Å². The van der Waals surface area contributed by atoms with Gasteiger partial charge in [-0.05, 0) is 38.3 Å². The fourth-order valence-electron chi connectivity index (χ4n) is 3.70. The Labute approximate surface area is 107 Å². The maximum atomic E-state index is 5.88. The summed E-state index contributed by atoms with van der Waals surface area (Å²) in [5, 5.41) is 0. The Bertz CT molecular complexity index is 244. The standard InChI is InChI=1S/C14H31N3/c1-11-8-7-9-14(10-11,17(5)6)12(16-15)13(2,3)4/h11-12,16H,7-10,15H2,1-6H3. The highest BCUT2D eigenvalue weighted by atomic mass is 15.3. The quantitative estimate of drug-likeness (QED) is 0.589. The van der Waals surface area contributed by atoms with E-state index in [0.717, 1.165) is 5.92 Å². The first kappa shape index (κ1) is 14.9. The Morgan fingerprint density at radius 1 is 1.35 bits per heavy atom. The molecule has 1 rings (SSSR count). The number of hydrogen-bond acceptors (Lipinski definition) is 3. The first-order valence-corrected chi connectivity index (χ1v) is 6.87. The van der Waals surface area contributed by atoms with E-state index in [1.165, 1.54) is 25.7 Å². The molecule has 0 aliphatic heterocycles. The van der Waals surface area contributed by atoms with Crippen molar-refractivity contribution in [1.82, 2.24) is 10.3 Å². The third kappa shape index (κ3) is 3.01. The maximum Gasteiger partial charge on any atom is 0.0442 e. The van der Waals surface area contributed by atoms with Crippen LogP contribution in [0.2, 0.25) is 0 Å². The first-order valence-electron chi connectivity index (χ1n) is 6.87. The van der Waals surface area contributed by atoms with Crippen molar-refractivity contribution < 1.29 is 0 Å². The van der Waals surface area contributed by atoms with Gasteiger partial charge in [0.1, 0.15) is 0 Å². The summed E-state index contributed by atoms with van der Waals surface area (Å²) in [6.07, 6.45) is 5.16. The molecule has 0 bridgehead atoms. The smallest absolute Gasteiger partial charge is 0.0442 e. The van der Waals surface area contributed by atoms with Crippen LogP contribution in [0.1, 0.15) is 53.4 Å². The zero-order valence-electron chi connectivity index (χ0n) is 12.5. The topological polar surface area (TPSA) is 41.3 Å². The summed E-state index contributed by atoms with van der Waals surface area (Å²) < 4.78 is 0. The van der Waals surface area contributed by atoms with Crippen LogP contribution in [-0.2, 0) is 0 Å². The minimum absolute atomic E-state index is 0.177. The van der Waals surface area contributed by atoms with Crippen LogP contribution in [0.3, 0.4) is 0 Å². The molecule has 3 nitrogen and oxygen atoms in total. The van der Waals surface area contributed by atoms with Gasteiger partial charge in [0.15, 0.2) is 0 Å². The van der Waals surface area contributed by atoms with Crippen LogP contribution < -0.4 is 11.3 Å². The van der Waals surface area contributed by atoms with Crippen LogP contribution in [0.4, 0.5) is 0 Å². The number of likely N-dealkylation sites (N-methyl/N-ethyl adjacent to an activating group) is 1. The first-order chi connectivity index (χ1) is 7.74. The molecule has 102 valence electrons. The highest BCUT2D eigenvalue weighted by Gasteiger charge is 2.47. The number of hydrogen-bond donors (Lipinski definition) is 2. The van der Waals surface area contributed by atoms with E-state index in [0.29, 0.717) is 6.04 Å². The van der Waals surface area contributed by atoms with Crippen LogP contribution in [0.15, 0.2) is 0 Å². The summed E-state index contributed by atoms with van der Waals surface area (Å²) in [5.74, 6) is 6.68. The fourth-order valence-corrected chi connectivity index (χ4v) is 3.70. The van der Waals surface area contributed by atoms with E-state index in [4.69, 9.17) is 5.84 Å². The van der Waals surface area contributed by atoms with Gasteiger partial charge in [0, 0.05) is 11.6 Å². The lowest BCUT2D eigenvalue weighted by Gasteiger charge is -2.54. The molecule has 0 aromatic heterocycles. The molecule has 1 aliphatic rings. The zero-order valence-corrected chi connectivity index (χ0v) is 12.5. The van der Waals surface area contributed by atoms with Crippen molar-refractivity contribution in [3.63, 3.8) is 0 Å². The molecule has 17 heavy (non-hydrogen) atoms. The number of nitrogens with two attached hydrogens (primary N) is 1. The molecule has 0 aromatic rings. The Morgan fingerprint density at radius 2 is 1.94 bits per heavy atom. The second-order valence-corrected chi connectivity index (χ2v) is 7.17. The van der Waals surface area contributed by atoms with Gasteiger partial charge in [0.25, 0.3) is 0 Å². The second kappa shape index (κ2) is 5.25. The second-order valence-electron chi connectivity index (χ2n) is 7.17. The predicted octanol–water partition coefficient (Wildman–Crippen LogP) is 2.37. The molecular weight excluding hydrogens is 210 g/mol. The van der Waals surface area contributed by atoms with E-state index < -0.39 is 0 Å². The normalized spacial score (nSPS) is 32.8. The summed E-state index contributed by atoms with van der Waals surface area (Å²) in [7, 11) is 4.40. The van der Waals surface area contributed by atoms with E-state index in [9.17, 15) is 0 Å². The highest BCUT2D eigenvalue weighted by Crippen LogP contribution is 2.42. The number of hydrazine groups is 1. The molecule has 0 heterocycles. The number of rotatable bonds is 3. The molecule has 3 N–H and O–H groups in total. The van der Waals surface area contributed by atoms with Crippen LogP contribution in [0.5, 0.6) is 0 Å². The van der Waals surface area contributed by atoms with E-state index >= 15 is 0 Å². The molecule has 0 saturated heterocycles. The highest BCUT2D eigenvalue weighted by molar-refractivity contribution is 5.05. The van der Waals surface area contributed by atoms with Gasteiger partial charge in [-0.2, -0.15) is 0 Å². The third-order valence-corrected chi connectivity index (χ3v) is 4.47. The summed E-state index contributed by atoms with van der Waals surface area (Å²) in [4.78, 5) is 2.40. The van der Waals surface area contributed by atoms with Gasteiger partial charge in [-0.25, -0.2) is 0 Å². The van der Waals surface area contributed by atoms with Gasteiger partial charge in [-0.1, -0.05) is 40.5 Å². The van der Waals surface area contributed by atoms with Crippen molar-refractivity contribution in [2.45, 2.75) is 65.0 Å². The third-order valence-electron chi connectivity index (χ3n) is 4.47. The number of nitrogens with zero attached hydrogens (tertiary/aromatic N) is 1. The van der Waals surface area contributed by atoms with E-state index in [-0.39, 0.29) is 11.0 Å². The fraction of sp³-hybridized carbons (Fsp3) is 1.00. The maximum absolute atomic E-state index is 5.88. The molecule has 0 radical (unpaired) electrons. The Kier molecular flexibility index (Phi) is 4.61. The van der Waals surface area contributed by atoms with E-state index in [1.807, 2.05) is 0 Å². The summed E-state index contributed by atoms with van der Waals surface area (Å²) in [5.41, 5.74) is 3.49. The molecule has 1 fully saturated rings. The monoisotopic (exact) mass is 241 g/mol. The van der Waals surface area contributed by atoms with Crippen molar-refractivity contribution >= 4 is 0 Å². The molecule has 3 heteroatoms. The molecule has 1 saturated carbocycles. The molecule has 0 aromatic carbocycles. The summed E-state index contributed by atoms with van der Waals surface area (Å²) in [6.45, 7) is 9.21. The average molecular weight is 241 g/mol. The lowest BCUT2D eigenvalue weighted by Crippen LogP contribution is -2.66. The zero-order chi connectivity index (χ0) is 13.3. The lowest BCUT2D eigenvalue weighted by atomic mass is 9.65. The van der Waals surface area contributed by atoms with Crippen molar-refractivity contribution in [1.29, 1.82) is 0 Å². The van der Waals surface area contributed by atoms with Gasteiger partial charge in [0.2, 0.25) is 0 Å². The van der Waals surface area contributed by atoms with E-state index in [2.05, 4.69) is 52.1 Å². The molecule has 1 aliphatic carbocycles. The Morgan fingerprint density at radius 3 is 2.29 bits per heavy atom. The minimum atomic E-state index is 0.177. The van der Waals surface area contributed by atoms with Crippen molar-refractivity contribution in [2.75, 3.05) is 14.1 Å². The van der Waals surface area contributed by atoms with Crippen LogP contribution in [0, 0.1) is 11.3 Å². The Hall–Kier alpha value is -0.120. The van der Waals surface area contributed by atoms with Gasteiger partial charge < -0.3 is 4.90 Å². The summed E-state index contributed by atoms with van der Waals surface area (Å²) >= 11 is 0.